The Morgan fingerprint density at radius 2 is 1.57 bits per heavy atom. The first kappa shape index (κ1) is 37.4. The molecule has 3 fully saturated rings. The third kappa shape index (κ3) is 5.80. The van der Waals surface area contributed by atoms with Gasteiger partial charge in [-0.05, 0) is 99.0 Å². The van der Waals surface area contributed by atoms with Crippen LogP contribution in [0.3, 0.4) is 0 Å². The number of aliphatic hydroxyl groups excluding tert-OH is 1. The number of benzene rings is 2. The summed E-state index contributed by atoms with van der Waals surface area (Å²) in [4.78, 5) is 43.0. The van der Waals surface area contributed by atoms with Crippen molar-refractivity contribution in [2.75, 3.05) is 0 Å². The fraction of sp³-hybridized carbons (Fsp3) is 0.605. The second-order valence-corrected chi connectivity index (χ2v) is 17.2. The molecule has 1 amide bonds. The molecule has 4 aliphatic rings. The molecule has 276 valence electrons. The largest absolute Gasteiger partial charge is 0.456 e. The first-order valence-electron chi connectivity index (χ1n) is 18.8. The lowest BCUT2D eigenvalue weighted by Crippen LogP contribution is -2.71. The minimum absolute atomic E-state index is 0.0105. The van der Waals surface area contributed by atoms with Gasteiger partial charge in [-0.3, -0.25) is 9.59 Å². The van der Waals surface area contributed by atoms with Crippen LogP contribution in [0.5, 0.6) is 0 Å². The summed E-state index contributed by atoms with van der Waals surface area (Å²) in [6.07, 6.45) is -0.565. The Morgan fingerprint density at radius 3 is 2.14 bits per heavy atom. The zero-order valence-electron chi connectivity index (χ0n) is 31.7. The topological polar surface area (TPSA) is 122 Å². The number of rotatable bonds is 8. The van der Waals surface area contributed by atoms with Crippen LogP contribution < -0.4 is 5.32 Å². The summed E-state index contributed by atoms with van der Waals surface area (Å²) in [5, 5.41) is 28.0. The van der Waals surface area contributed by atoms with Crippen molar-refractivity contribution in [1.82, 2.24) is 5.32 Å². The molecule has 0 radical (unpaired) electrons. The number of fused-ring (bicyclic) bond motifs is 5. The summed E-state index contributed by atoms with van der Waals surface area (Å²) in [5.74, 6) is -2.03. The fourth-order valence-corrected chi connectivity index (χ4v) is 11.2. The van der Waals surface area contributed by atoms with E-state index < -0.39 is 58.6 Å². The molecule has 0 heterocycles. The summed E-state index contributed by atoms with van der Waals surface area (Å²) in [5.41, 5.74) is -0.803. The molecule has 2 aromatic carbocycles. The molecule has 2 bridgehead atoms. The molecule has 0 unspecified atom stereocenters. The highest BCUT2D eigenvalue weighted by Crippen LogP contribution is 2.70. The molecule has 11 atom stereocenters. The van der Waals surface area contributed by atoms with E-state index in [1.807, 2.05) is 91.8 Å². The van der Waals surface area contributed by atoms with Gasteiger partial charge in [0, 0.05) is 23.3 Å². The van der Waals surface area contributed by atoms with Crippen LogP contribution >= 0.6 is 0 Å². The minimum atomic E-state index is -1.37. The molecule has 8 nitrogen and oxygen atoms in total. The van der Waals surface area contributed by atoms with Gasteiger partial charge in [0.25, 0.3) is 5.91 Å². The van der Waals surface area contributed by atoms with Crippen LogP contribution in [0.25, 0.3) is 0 Å². The summed E-state index contributed by atoms with van der Waals surface area (Å²) < 4.78 is 12.8. The Balaban J connectivity index is 1.41. The number of nitrogens with one attached hydrogen (secondary N) is 1. The van der Waals surface area contributed by atoms with Gasteiger partial charge in [0.15, 0.2) is 6.10 Å². The lowest BCUT2D eigenvalue weighted by molar-refractivity contribution is -0.244. The van der Waals surface area contributed by atoms with Crippen molar-refractivity contribution < 1.29 is 34.1 Å². The molecule has 6 rings (SSSR count). The number of ketones is 1. The SMILES string of the molecule is CC1=C2[C@@H](C)C(=O)[C@@]3(C)[C@H]([C@H](C)[C@](O)(C[C@@H]1OC(=O)[C@H](OC(C)C)[C@@H](NC(=O)c1ccccc1)c1ccccc1)C2(C)C)[C@]1(C)CC[C@@H]1C[C@@H]3O. The van der Waals surface area contributed by atoms with Crippen molar-refractivity contribution in [3.05, 3.63) is 82.9 Å². The first-order valence-corrected chi connectivity index (χ1v) is 18.8. The van der Waals surface area contributed by atoms with Gasteiger partial charge >= 0.3 is 5.97 Å². The Morgan fingerprint density at radius 1 is 0.961 bits per heavy atom. The number of carbonyl (C=O) groups excluding carboxylic acids is 3. The van der Waals surface area contributed by atoms with E-state index >= 15 is 0 Å². The average Bonchev–Trinajstić information content (AvgIpc) is 3.09. The second-order valence-electron chi connectivity index (χ2n) is 17.2. The highest BCUT2D eigenvalue weighted by molar-refractivity contribution is 5.95. The summed E-state index contributed by atoms with van der Waals surface area (Å²) >= 11 is 0. The minimum Gasteiger partial charge on any atom is -0.456 e. The quantitative estimate of drug-likeness (QED) is 0.200. The van der Waals surface area contributed by atoms with Crippen LogP contribution in [-0.4, -0.2) is 57.9 Å². The van der Waals surface area contributed by atoms with Crippen molar-refractivity contribution in [2.24, 2.45) is 39.9 Å². The first-order chi connectivity index (χ1) is 23.9. The van der Waals surface area contributed by atoms with E-state index in [-0.39, 0.29) is 41.5 Å². The average molecular weight is 700 g/mol. The Labute approximate surface area is 303 Å². The van der Waals surface area contributed by atoms with E-state index in [2.05, 4.69) is 12.2 Å². The van der Waals surface area contributed by atoms with Gasteiger partial charge in [0.05, 0.1) is 29.3 Å². The van der Waals surface area contributed by atoms with Gasteiger partial charge in [-0.25, -0.2) is 4.79 Å². The third-order valence-corrected chi connectivity index (χ3v) is 14.0. The lowest BCUT2D eigenvalue weighted by Gasteiger charge is -2.69. The number of carbonyl (C=O) groups is 3. The van der Waals surface area contributed by atoms with Gasteiger partial charge in [-0.15, -0.1) is 0 Å². The van der Waals surface area contributed by atoms with Crippen molar-refractivity contribution in [3.63, 3.8) is 0 Å². The molecule has 0 aromatic heterocycles. The van der Waals surface area contributed by atoms with Crippen molar-refractivity contribution in [1.29, 1.82) is 0 Å². The van der Waals surface area contributed by atoms with Gasteiger partial charge in [0.2, 0.25) is 0 Å². The number of Topliss-reactive ketones (excluding diaryl/α,β-unsaturated/α-hetero) is 1. The summed E-state index contributed by atoms with van der Waals surface area (Å²) in [6, 6.07) is 17.2. The van der Waals surface area contributed by atoms with E-state index in [0.29, 0.717) is 17.5 Å². The van der Waals surface area contributed by atoms with E-state index in [1.54, 1.807) is 24.3 Å². The molecule has 4 aliphatic carbocycles. The molecule has 2 aromatic rings. The monoisotopic (exact) mass is 699 g/mol. The smallest absolute Gasteiger partial charge is 0.338 e. The Hall–Kier alpha value is -3.33. The fourth-order valence-electron chi connectivity index (χ4n) is 11.2. The summed E-state index contributed by atoms with van der Waals surface area (Å²) in [6.45, 7) is 17.7. The number of esters is 1. The maximum Gasteiger partial charge on any atom is 0.338 e. The number of ether oxygens (including phenoxy) is 2. The second kappa shape index (κ2) is 13.3. The molecule has 8 heteroatoms. The predicted molar refractivity (Wildman–Crippen MR) is 195 cm³/mol. The van der Waals surface area contributed by atoms with Crippen LogP contribution in [0.1, 0.15) is 110 Å². The number of amides is 1. The van der Waals surface area contributed by atoms with Crippen LogP contribution in [0.4, 0.5) is 0 Å². The molecule has 3 N–H and O–H groups in total. The molecule has 51 heavy (non-hydrogen) atoms. The van der Waals surface area contributed by atoms with Gasteiger partial charge in [-0.1, -0.05) is 83.1 Å². The van der Waals surface area contributed by atoms with E-state index in [9.17, 15) is 24.6 Å². The molecular formula is C43H57NO7. The molecule has 0 saturated heterocycles. The van der Waals surface area contributed by atoms with Gasteiger partial charge < -0.3 is 25.0 Å². The number of hydrogen-bond acceptors (Lipinski definition) is 7. The Bertz CT molecular complexity index is 1690. The zero-order valence-corrected chi connectivity index (χ0v) is 31.7. The van der Waals surface area contributed by atoms with E-state index in [1.165, 1.54) is 0 Å². The number of hydrogen-bond donors (Lipinski definition) is 3. The lowest BCUT2D eigenvalue weighted by atomic mass is 9.36. The molecule has 3 saturated carbocycles. The maximum absolute atomic E-state index is 14.8. The standard InChI is InChI=1S/C43H57NO7/c1-24(2)50-35(34(28-16-12-10-13-17-28)44-38(47)29-18-14-11-15-19-29)39(48)51-31-23-43(49)27(5)36-41(8)21-20-30(41)22-32(45)42(36,9)37(46)26(4)33(25(31)3)40(43,6)7/h10-19,24,26-27,30-32,34-36,45,49H,20-23H2,1-9H3,(H,44,47)/t26-,27+,30-,31+,32+,34+,35-,36-,41-,42-,43-/m1/s1. The van der Waals surface area contributed by atoms with Crippen molar-refractivity contribution in [3.8, 4) is 0 Å². The zero-order chi connectivity index (χ0) is 37.3. The number of aliphatic hydroxyl groups is 2. The maximum atomic E-state index is 14.8. The predicted octanol–water partition coefficient (Wildman–Crippen LogP) is 7.00. The van der Waals surface area contributed by atoms with E-state index in [4.69, 9.17) is 9.47 Å². The third-order valence-electron chi connectivity index (χ3n) is 14.0. The Kier molecular flexibility index (Phi) is 9.73. The molecule has 0 spiro atoms. The van der Waals surface area contributed by atoms with Gasteiger partial charge in [0.1, 0.15) is 11.9 Å². The highest BCUT2D eigenvalue weighted by Gasteiger charge is 2.71. The highest BCUT2D eigenvalue weighted by atomic mass is 16.6. The molecular weight excluding hydrogens is 642 g/mol. The van der Waals surface area contributed by atoms with Gasteiger partial charge in [-0.2, -0.15) is 0 Å². The summed E-state index contributed by atoms with van der Waals surface area (Å²) in [7, 11) is 0. The van der Waals surface area contributed by atoms with Crippen LogP contribution in [0.2, 0.25) is 0 Å². The normalized spacial score (nSPS) is 36.8. The van der Waals surface area contributed by atoms with E-state index in [0.717, 1.165) is 24.0 Å². The van der Waals surface area contributed by atoms with Crippen molar-refractivity contribution in [2.45, 2.75) is 124 Å². The van der Waals surface area contributed by atoms with Crippen LogP contribution in [-0.2, 0) is 19.1 Å². The van der Waals surface area contributed by atoms with Crippen LogP contribution in [0, 0.1) is 39.9 Å². The molecule has 0 aliphatic heterocycles. The van der Waals surface area contributed by atoms with Crippen LogP contribution in [0.15, 0.2) is 71.8 Å². The van der Waals surface area contributed by atoms with Crippen molar-refractivity contribution >= 4 is 17.7 Å².